The largest absolute Gasteiger partial charge is 0.343 e. The van der Waals surface area contributed by atoms with E-state index in [2.05, 4.69) is 40.3 Å². The third-order valence-corrected chi connectivity index (χ3v) is 4.16. The zero-order chi connectivity index (χ0) is 14.8. The number of fused-ring (bicyclic) bond motifs is 1. The van der Waals surface area contributed by atoms with Crippen molar-refractivity contribution in [3.05, 3.63) is 69.8 Å². The van der Waals surface area contributed by atoms with Gasteiger partial charge in [0.25, 0.3) is 0 Å². The smallest absolute Gasteiger partial charge is 0.0490 e. The molecular weight excluding hydrogens is 303 g/mol. The Morgan fingerprint density at radius 1 is 1.05 bits per heavy atom. The van der Waals surface area contributed by atoms with Gasteiger partial charge in [-0.3, -0.25) is 0 Å². The summed E-state index contributed by atoms with van der Waals surface area (Å²) in [6.07, 6.45) is 2.10. The molecule has 108 valence electrons. The molecule has 0 atom stereocenters. The standard InChI is InChI=1S/C17H16Cl2N2/c1-20-10-12-2-3-13-6-7-21(17(13)8-12)11-14-4-5-15(18)9-16(14)19/h2-9,20H,10-11H2,1H3. The van der Waals surface area contributed by atoms with Crippen LogP contribution in [0.2, 0.25) is 10.0 Å². The Bertz CT molecular complexity index is 778. The fourth-order valence-electron chi connectivity index (χ4n) is 2.51. The maximum atomic E-state index is 6.27. The predicted molar refractivity (Wildman–Crippen MR) is 90.3 cm³/mol. The molecule has 1 heterocycles. The Morgan fingerprint density at radius 3 is 2.67 bits per heavy atom. The van der Waals surface area contributed by atoms with Gasteiger partial charge in [0.05, 0.1) is 0 Å². The van der Waals surface area contributed by atoms with Gasteiger partial charge < -0.3 is 9.88 Å². The van der Waals surface area contributed by atoms with Crippen LogP contribution < -0.4 is 5.32 Å². The number of rotatable bonds is 4. The highest BCUT2D eigenvalue weighted by molar-refractivity contribution is 6.35. The fourth-order valence-corrected chi connectivity index (χ4v) is 2.98. The minimum absolute atomic E-state index is 0.664. The van der Waals surface area contributed by atoms with Crippen LogP contribution in [0, 0.1) is 0 Å². The quantitative estimate of drug-likeness (QED) is 0.736. The van der Waals surface area contributed by atoms with E-state index in [1.165, 1.54) is 16.5 Å². The number of nitrogens with one attached hydrogen (secondary N) is 1. The van der Waals surface area contributed by atoms with E-state index in [1.807, 2.05) is 19.2 Å². The van der Waals surface area contributed by atoms with Crippen molar-refractivity contribution in [3.8, 4) is 0 Å². The van der Waals surface area contributed by atoms with E-state index >= 15 is 0 Å². The van der Waals surface area contributed by atoms with E-state index in [9.17, 15) is 0 Å². The summed E-state index contributed by atoms with van der Waals surface area (Å²) in [4.78, 5) is 0. The Hall–Kier alpha value is -1.48. The summed E-state index contributed by atoms with van der Waals surface area (Å²) in [6.45, 7) is 1.60. The lowest BCUT2D eigenvalue weighted by Crippen LogP contribution is -2.05. The Kier molecular flexibility index (Phi) is 4.20. The Balaban J connectivity index is 1.98. The summed E-state index contributed by atoms with van der Waals surface area (Å²) >= 11 is 12.2. The summed E-state index contributed by atoms with van der Waals surface area (Å²) in [6, 6.07) is 14.3. The first-order valence-corrected chi connectivity index (χ1v) is 7.59. The average Bonchev–Trinajstić information content (AvgIpc) is 2.85. The molecule has 0 aliphatic rings. The SMILES string of the molecule is CNCc1ccc2ccn(Cc3ccc(Cl)cc3Cl)c2c1. The second-order valence-electron chi connectivity index (χ2n) is 5.10. The number of aromatic nitrogens is 1. The highest BCUT2D eigenvalue weighted by Crippen LogP contribution is 2.24. The van der Waals surface area contributed by atoms with Crippen LogP contribution in [0.1, 0.15) is 11.1 Å². The van der Waals surface area contributed by atoms with Gasteiger partial charge in [-0.2, -0.15) is 0 Å². The molecular formula is C17H16Cl2N2. The summed E-state index contributed by atoms with van der Waals surface area (Å²) in [5, 5.41) is 5.79. The molecule has 3 aromatic rings. The molecule has 4 heteroatoms. The Labute approximate surface area is 134 Å². The molecule has 0 aliphatic heterocycles. The minimum Gasteiger partial charge on any atom is -0.343 e. The van der Waals surface area contributed by atoms with Gasteiger partial charge in [0.1, 0.15) is 0 Å². The Morgan fingerprint density at radius 2 is 1.90 bits per heavy atom. The second kappa shape index (κ2) is 6.10. The molecule has 0 bridgehead atoms. The lowest BCUT2D eigenvalue weighted by molar-refractivity contribution is 0.812. The molecule has 0 unspecified atom stereocenters. The van der Waals surface area contributed by atoms with Crippen molar-refractivity contribution < 1.29 is 0 Å². The summed E-state index contributed by atoms with van der Waals surface area (Å²) < 4.78 is 2.21. The molecule has 0 saturated carbocycles. The van der Waals surface area contributed by atoms with Gasteiger partial charge in [-0.05, 0) is 47.8 Å². The van der Waals surface area contributed by atoms with E-state index in [0.717, 1.165) is 18.7 Å². The topological polar surface area (TPSA) is 17.0 Å². The number of benzene rings is 2. The van der Waals surface area contributed by atoms with Gasteiger partial charge in [0, 0.05) is 34.8 Å². The van der Waals surface area contributed by atoms with E-state index in [0.29, 0.717) is 10.0 Å². The van der Waals surface area contributed by atoms with Gasteiger partial charge in [-0.25, -0.2) is 0 Å². The van der Waals surface area contributed by atoms with Crippen molar-refractivity contribution in [1.29, 1.82) is 0 Å². The van der Waals surface area contributed by atoms with Crippen LogP contribution in [0.25, 0.3) is 10.9 Å². The van der Waals surface area contributed by atoms with Crippen molar-refractivity contribution in [1.82, 2.24) is 9.88 Å². The molecule has 2 aromatic carbocycles. The van der Waals surface area contributed by atoms with E-state index in [4.69, 9.17) is 23.2 Å². The zero-order valence-electron chi connectivity index (χ0n) is 11.7. The third-order valence-electron chi connectivity index (χ3n) is 3.58. The van der Waals surface area contributed by atoms with Gasteiger partial charge in [0.15, 0.2) is 0 Å². The van der Waals surface area contributed by atoms with Crippen molar-refractivity contribution in [2.45, 2.75) is 13.1 Å². The maximum absolute atomic E-state index is 6.27. The number of nitrogens with zero attached hydrogens (tertiary/aromatic N) is 1. The van der Waals surface area contributed by atoms with Crippen LogP contribution in [-0.4, -0.2) is 11.6 Å². The minimum atomic E-state index is 0.664. The van der Waals surface area contributed by atoms with Gasteiger partial charge >= 0.3 is 0 Å². The van der Waals surface area contributed by atoms with Gasteiger partial charge in [-0.1, -0.05) is 41.4 Å². The highest BCUT2D eigenvalue weighted by Gasteiger charge is 2.06. The first-order chi connectivity index (χ1) is 10.2. The van der Waals surface area contributed by atoms with Crippen LogP contribution in [0.15, 0.2) is 48.7 Å². The molecule has 1 aromatic heterocycles. The first kappa shape index (κ1) is 14.5. The fraction of sp³-hybridized carbons (Fsp3) is 0.176. The number of hydrogen-bond donors (Lipinski definition) is 1. The third kappa shape index (κ3) is 3.08. The van der Waals surface area contributed by atoms with Crippen molar-refractivity contribution >= 4 is 34.1 Å². The monoisotopic (exact) mass is 318 g/mol. The second-order valence-corrected chi connectivity index (χ2v) is 5.95. The molecule has 2 nitrogen and oxygen atoms in total. The highest BCUT2D eigenvalue weighted by atomic mass is 35.5. The molecule has 3 rings (SSSR count). The number of hydrogen-bond acceptors (Lipinski definition) is 1. The zero-order valence-corrected chi connectivity index (χ0v) is 13.2. The number of halogens is 2. The lowest BCUT2D eigenvalue weighted by atomic mass is 10.1. The van der Waals surface area contributed by atoms with Crippen molar-refractivity contribution in [2.75, 3.05) is 7.05 Å². The van der Waals surface area contributed by atoms with Crippen LogP contribution >= 0.6 is 23.2 Å². The maximum Gasteiger partial charge on any atom is 0.0490 e. The molecule has 0 fully saturated rings. The van der Waals surface area contributed by atoms with E-state index in [-0.39, 0.29) is 0 Å². The van der Waals surface area contributed by atoms with Crippen LogP contribution in [0.5, 0.6) is 0 Å². The molecule has 0 spiro atoms. The van der Waals surface area contributed by atoms with Gasteiger partial charge in [-0.15, -0.1) is 0 Å². The summed E-state index contributed by atoms with van der Waals surface area (Å²) in [7, 11) is 1.96. The summed E-state index contributed by atoms with van der Waals surface area (Å²) in [5.41, 5.74) is 3.55. The van der Waals surface area contributed by atoms with Crippen molar-refractivity contribution in [2.24, 2.45) is 0 Å². The van der Waals surface area contributed by atoms with Crippen molar-refractivity contribution in [3.63, 3.8) is 0 Å². The summed E-state index contributed by atoms with van der Waals surface area (Å²) in [5.74, 6) is 0. The van der Waals surface area contributed by atoms with Crippen LogP contribution in [-0.2, 0) is 13.1 Å². The van der Waals surface area contributed by atoms with Gasteiger partial charge in [0.2, 0.25) is 0 Å². The van der Waals surface area contributed by atoms with Crippen LogP contribution in [0.3, 0.4) is 0 Å². The molecule has 0 radical (unpaired) electrons. The molecule has 1 N–H and O–H groups in total. The van der Waals surface area contributed by atoms with E-state index < -0.39 is 0 Å². The normalized spacial score (nSPS) is 11.2. The molecule has 21 heavy (non-hydrogen) atoms. The first-order valence-electron chi connectivity index (χ1n) is 6.83. The predicted octanol–water partition coefficient (Wildman–Crippen LogP) is 4.72. The van der Waals surface area contributed by atoms with E-state index in [1.54, 1.807) is 6.07 Å². The lowest BCUT2D eigenvalue weighted by Gasteiger charge is -2.09. The average molecular weight is 319 g/mol. The molecule has 0 saturated heterocycles. The van der Waals surface area contributed by atoms with Crippen LogP contribution in [0.4, 0.5) is 0 Å². The molecule has 0 aliphatic carbocycles. The molecule has 0 amide bonds.